The minimum absolute atomic E-state index is 0.0204. The van der Waals surface area contributed by atoms with Crippen molar-refractivity contribution in [1.82, 2.24) is 19.0 Å². The first-order chi connectivity index (χ1) is 13.8. The first-order valence-electron chi connectivity index (χ1n) is 10.1. The second-order valence-corrected chi connectivity index (χ2v) is 9.72. The highest BCUT2D eigenvalue weighted by Gasteiger charge is 2.30. The van der Waals surface area contributed by atoms with E-state index in [1.165, 1.54) is 4.31 Å². The predicted octanol–water partition coefficient (Wildman–Crippen LogP) is 0.382. The van der Waals surface area contributed by atoms with Gasteiger partial charge in [-0.25, -0.2) is 8.42 Å². The van der Waals surface area contributed by atoms with Crippen LogP contribution in [0.4, 0.5) is 0 Å². The van der Waals surface area contributed by atoms with E-state index in [0.29, 0.717) is 26.2 Å². The average Bonchev–Trinajstić information content (AvgIpc) is 2.72. The molecule has 9 heteroatoms. The van der Waals surface area contributed by atoms with E-state index in [4.69, 9.17) is 0 Å². The summed E-state index contributed by atoms with van der Waals surface area (Å²) in [4.78, 5) is 30.7. The number of nitrogens with zero attached hydrogens (tertiary/aromatic N) is 4. The van der Waals surface area contributed by atoms with E-state index in [-0.39, 0.29) is 42.6 Å². The maximum atomic E-state index is 12.8. The minimum Gasteiger partial charge on any atom is -0.340 e. The van der Waals surface area contributed by atoms with Gasteiger partial charge in [0.25, 0.3) is 0 Å². The zero-order valence-electron chi connectivity index (χ0n) is 17.2. The maximum Gasteiger partial charge on any atom is 0.243 e. The topological polar surface area (TPSA) is 81.2 Å². The lowest BCUT2D eigenvalue weighted by atomic mass is 10.2. The molecule has 2 fully saturated rings. The van der Waals surface area contributed by atoms with Gasteiger partial charge in [0.1, 0.15) is 0 Å². The van der Waals surface area contributed by atoms with Crippen molar-refractivity contribution in [3.8, 4) is 0 Å². The molecule has 160 valence electrons. The van der Waals surface area contributed by atoms with Crippen LogP contribution in [0.1, 0.15) is 18.4 Å². The Balaban J connectivity index is 1.47. The van der Waals surface area contributed by atoms with E-state index in [0.717, 1.165) is 18.7 Å². The third kappa shape index (κ3) is 5.34. The molecule has 1 aromatic carbocycles. The van der Waals surface area contributed by atoms with Crippen LogP contribution in [0.15, 0.2) is 29.2 Å². The van der Waals surface area contributed by atoms with Gasteiger partial charge in [0.05, 0.1) is 4.90 Å². The number of likely N-dealkylation sites (N-methyl/N-ethyl adjacent to an activating group) is 1. The third-order valence-electron chi connectivity index (χ3n) is 5.66. The van der Waals surface area contributed by atoms with Crippen LogP contribution in [0.25, 0.3) is 0 Å². The zero-order chi connectivity index (χ0) is 21.0. The first kappa shape index (κ1) is 21.7. The van der Waals surface area contributed by atoms with E-state index in [9.17, 15) is 18.0 Å². The third-order valence-corrected chi connectivity index (χ3v) is 7.57. The summed E-state index contributed by atoms with van der Waals surface area (Å²) in [5, 5.41) is 0. The zero-order valence-corrected chi connectivity index (χ0v) is 18.0. The summed E-state index contributed by atoms with van der Waals surface area (Å²) in [7, 11) is -1.51. The SMILES string of the molecule is Cc1ccc(S(=O)(=O)N2CCN(C(=O)CCC(=O)N3CCN(C)CC3)CC2)cc1. The molecule has 2 amide bonds. The summed E-state index contributed by atoms with van der Waals surface area (Å²) in [6.07, 6.45) is 0.389. The number of aryl methyl sites for hydroxylation is 1. The average molecular weight is 423 g/mol. The van der Waals surface area contributed by atoms with E-state index < -0.39 is 10.0 Å². The van der Waals surface area contributed by atoms with Crippen LogP contribution >= 0.6 is 0 Å². The van der Waals surface area contributed by atoms with Crippen LogP contribution in [-0.2, 0) is 19.6 Å². The standard InChI is InChI=1S/C20H30N4O4S/c1-17-3-5-18(6-4-17)29(27,28)24-15-13-23(14-16-24)20(26)8-7-19(25)22-11-9-21(2)10-12-22/h3-6H,7-16H2,1-2H3. The Morgan fingerprint density at radius 1 is 0.793 bits per heavy atom. The number of hydrogen-bond donors (Lipinski definition) is 0. The molecular weight excluding hydrogens is 392 g/mol. The molecule has 0 aliphatic carbocycles. The summed E-state index contributed by atoms with van der Waals surface area (Å²) in [5.41, 5.74) is 1.01. The highest BCUT2D eigenvalue weighted by atomic mass is 32.2. The summed E-state index contributed by atoms with van der Waals surface area (Å²) >= 11 is 0. The molecule has 0 atom stereocenters. The Hall–Kier alpha value is -1.97. The number of amides is 2. The fraction of sp³-hybridized carbons (Fsp3) is 0.600. The molecule has 0 radical (unpaired) electrons. The van der Waals surface area contributed by atoms with Gasteiger partial charge in [0.15, 0.2) is 0 Å². The Kier molecular flexibility index (Phi) is 6.92. The summed E-state index contributed by atoms with van der Waals surface area (Å²) in [6, 6.07) is 6.80. The monoisotopic (exact) mass is 422 g/mol. The van der Waals surface area contributed by atoms with Gasteiger partial charge in [-0.3, -0.25) is 9.59 Å². The van der Waals surface area contributed by atoms with E-state index >= 15 is 0 Å². The molecule has 0 aromatic heterocycles. The van der Waals surface area contributed by atoms with E-state index in [1.54, 1.807) is 29.2 Å². The Morgan fingerprint density at radius 3 is 1.72 bits per heavy atom. The molecule has 0 unspecified atom stereocenters. The number of piperazine rings is 2. The van der Waals surface area contributed by atoms with Crippen molar-refractivity contribution in [1.29, 1.82) is 0 Å². The fourth-order valence-electron chi connectivity index (χ4n) is 3.62. The highest BCUT2D eigenvalue weighted by Crippen LogP contribution is 2.18. The normalized spacial score (nSPS) is 19.4. The molecule has 29 heavy (non-hydrogen) atoms. The lowest BCUT2D eigenvalue weighted by molar-refractivity contribution is -0.138. The molecule has 2 saturated heterocycles. The van der Waals surface area contributed by atoms with Gasteiger partial charge in [-0.1, -0.05) is 17.7 Å². The highest BCUT2D eigenvalue weighted by molar-refractivity contribution is 7.89. The van der Waals surface area contributed by atoms with Crippen molar-refractivity contribution in [3.05, 3.63) is 29.8 Å². The Morgan fingerprint density at radius 2 is 1.24 bits per heavy atom. The molecule has 8 nitrogen and oxygen atoms in total. The quantitative estimate of drug-likeness (QED) is 0.685. The Labute approximate surface area is 173 Å². The van der Waals surface area contributed by atoms with Crippen LogP contribution in [0.2, 0.25) is 0 Å². The van der Waals surface area contributed by atoms with Gasteiger partial charge in [0, 0.05) is 65.2 Å². The lowest BCUT2D eigenvalue weighted by Crippen LogP contribution is -2.51. The first-order valence-corrected chi connectivity index (χ1v) is 11.5. The van der Waals surface area contributed by atoms with Crippen molar-refractivity contribution in [2.45, 2.75) is 24.7 Å². The molecule has 0 spiro atoms. The van der Waals surface area contributed by atoms with E-state index in [1.807, 2.05) is 18.9 Å². The van der Waals surface area contributed by atoms with Crippen molar-refractivity contribution in [2.24, 2.45) is 0 Å². The summed E-state index contributed by atoms with van der Waals surface area (Å²) in [6.45, 7) is 6.30. The van der Waals surface area contributed by atoms with Crippen LogP contribution in [0, 0.1) is 6.92 Å². The molecule has 2 aliphatic rings. The number of benzene rings is 1. The van der Waals surface area contributed by atoms with Gasteiger partial charge in [0.2, 0.25) is 21.8 Å². The van der Waals surface area contributed by atoms with Crippen molar-refractivity contribution < 1.29 is 18.0 Å². The second kappa shape index (κ2) is 9.23. The van der Waals surface area contributed by atoms with Crippen molar-refractivity contribution in [3.63, 3.8) is 0 Å². The van der Waals surface area contributed by atoms with Crippen molar-refractivity contribution in [2.75, 3.05) is 59.4 Å². The molecule has 0 bridgehead atoms. The Bertz CT molecular complexity index is 825. The van der Waals surface area contributed by atoms with Gasteiger partial charge >= 0.3 is 0 Å². The largest absolute Gasteiger partial charge is 0.340 e. The smallest absolute Gasteiger partial charge is 0.243 e. The van der Waals surface area contributed by atoms with Gasteiger partial charge in [-0.05, 0) is 26.1 Å². The lowest BCUT2D eigenvalue weighted by Gasteiger charge is -2.34. The van der Waals surface area contributed by atoms with Crippen LogP contribution in [-0.4, -0.2) is 98.6 Å². The maximum absolute atomic E-state index is 12.8. The molecule has 2 aliphatic heterocycles. The molecule has 3 rings (SSSR count). The molecule has 0 N–H and O–H groups in total. The van der Waals surface area contributed by atoms with Crippen LogP contribution in [0.5, 0.6) is 0 Å². The predicted molar refractivity (Wildman–Crippen MR) is 110 cm³/mol. The number of hydrogen-bond acceptors (Lipinski definition) is 5. The minimum atomic E-state index is -3.54. The van der Waals surface area contributed by atoms with Gasteiger partial charge in [-0.2, -0.15) is 4.31 Å². The molecule has 2 heterocycles. The van der Waals surface area contributed by atoms with Crippen molar-refractivity contribution >= 4 is 21.8 Å². The van der Waals surface area contributed by atoms with E-state index in [2.05, 4.69) is 4.90 Å². The van der Waals surface area contributed by atoms with Gasteiger partial charge < -0.3 is 14.7 Å². The fourth-order valence-corrected chi connectivity index (χ4v) is 5.05. The number of carbonyl (C=O) groups is 2. The molecular formula is C20H30N4O4S. The second-order valence-electron chi connectivity index (χ2n) is 7.78. The summed E-state index contributed by atoms with van der Waals surface area (Å²) in [5.74, 6) is -0.0631. The number of sulfonamides is 1. The summed E-state index contributed by atoms with van der Waals surface area (Å²) < 4.78 is 26.9. The van der Waals surface area contributed by atoms with Gasteiger partial charge in [-0.15, -0.1) is 0 Å². The number of rotatable bonds is 5. The molecule has 1 aromatic rings. The molecule has 0 saturated carbocycles. The van der Waals surface area contributed by atoms with Crippen LogP contribution < -0.4 is 0 Å². The number of carbonyl (C=O) groups excluding carboxylic acids is 2. The van der Waals surface area contributed by atoms with Crippen LogP contribution in [0.3, 0.4) is 0 Å².